The van der Waals surface area contributed by atoms with Crippen LogP contribution in [0.15, 0.2) is 28.8 Å². The number of furan rings is 1. The smallest absolute Gasteiger partial charge is 0.310 e. The van der Waals surface area contributed by atoms with Crippen molar-refractivity contribution in [3.05, 3.63) is 46.0 Å². The average Bonchev–Trinajstić information content (AvgIpc) is 3.05. The highest BCUT2D eigenvalue weighted by atomic mass is 32.2. The normalized spacial score (nSPS) is 11.6. The van der Waals surface area contributed by atoms with Gasteiger partial charge in [-0.15, -0.1) is 0 Å². The van der Waals surface area contributed by atoms with Crippen molar-refractivity contribution < 1.29 is 9.34 Å². The minimum atomic E-state index is -0.475. The fraction of sp³-hybridized carbons (Fsp3) is 0.429. The van der Waals surface area contributed by atoms with Gasteiger partial charge < -0.3 is 20.5 Å². The minimum Gasteiger partial charge on any atom is -0.463 e. The van der Waals surface area contributed by atoms with E-state index in [1.54, 1.807) is 18.0 Å². The molecule has 0 aromatic carbocycles. The molecular formula is C14H20N4O3S. The highest BCUT2D eigenvalue weighted by Crippen LogP contribution is 2.23. The molecule has 0 unspecified atom stereocenters. The van der Waals surface area contributed by atoms with Crippen LogP contribution in [0.5, 0.6) is 0 Å². The molecule has 0 radical (unpaired) electrons. The lowest BCUT2D eigenvalue weighted by Gasteiger charge is -2.14. The Morgan fingerprint density at radius 2 is 2.23 bits per heavy atom. The van der Waals surface area contributed by atoms with Crippen LogP contribution in [-0.4, -0.2) is 22.2 Å². The highest BCUT2D eigenvalue weighted by molar-refractivity contribution is 7.98. The second kappa shape index (κ2) is 6.89. The summed E-state index contributed by atoms with van der Waals surface area (Å²) in [6.07, 6.45) is 1.55. The molecule has 4 N–H and O–H groups in total. The largest absolute Gasteiger partial charge is 0.463 e. The maximum Gasteiger partial charge on any atom is 0.310 e. The van der Waals surface area contributed by atoms with Crippen molar-refractivity contribution in [3.63, 3.8) is 0 Å². The summed E-state index contributed by atoms with van der Waals surface area (Å²) in [5, 5.41) is 13.8. The topological polar surface area (TPSA) is 110 Å². The number of rotatable bonds is 8. The number of anilines is 1. The number of thioether (sulfide) groups is 1. The minimum absolute atomic E-state index is 0.0610. The zero-order valence-electron chi connectivity index (χ0n) is 12.6. The summed E-state index contributed by atoms with van der Waals surface area (Å²) in [4.78, 5) is 13.2. The second-order valence-corrected chi connectivity index (χ2v) is 6.57. The number of aromatic nitrogens is 1. The summed E-state index contributed by atoms with van der Waals surface area (Å²) in [7, 11) is 0. The molecule has 0 amide bonds. The van der Waals surface area contributed by atoms with Crippen molar-refractivity contribution >= 4 is 23.3 Å². The first-order valence-electron chi connectivity index (χ1n) is 6.89. The molecule has 0 atom stereocenters. The number of nitrogens with zero attached hydrogens (tertiary/aromatic N) is 1. The van der Waals surface area contributed by atoms with E-state index < -0.39 is 10.5 Å². The van der Waals surface area contributed by atoms with Crippen LogP contribution in [0.25, 0.3) is 0 Å². The molecule has 0 bridgehead atoms. The van der Waals surface area contributed by atoms with Crippen LogP contribution in [-0.2, 0) is 11.3 Å². The number of hydrogen-bond acceptors (Lipinski definition) is 6. The van der Waals surface area contributed by atoms with Gasteiger partial charge >= 0.3 is 5.69 Å². The molecule has 0 fully saturated rings. The SMILES string of the molecule is CC(C)(N)c1ccc(CSCCNc2[nH]ccc2[N+](=O)[O-])o1. The van der Waals surface area contributed by atoms with Gasteiger partial charge in [-0.25, -0.2) is 0 Å². The molecule has 8 heteroatoms. The second-order valence-electron chi connectivity index (χ2n) is 5.46. The third kappa shape index (κ3) is 4.28. The van der Waals surface area contributed by atoms with E-state index in [-0.39, 0.29) is 5.69 Å². The summed E-state index contributed by atoms with van der Waals surface area (Å²) in [6.45, 7) is 4.42. The Morgan fingerprint density at radius 1 is 1.45 bits per heavy atom. The summed E-state index contributed by atoms with van der Waals surface area (Å²) in [6, 6.07) is 5.27. The lowest BCUT2D eigenvalue weighted by Crippen LogP contribution is -2.27. The molecule has 22 heavy (non-hydrogen) atoms. The molecule has 0 aliphatic rings. The third-order valence-corrected chi connectivity index (χ3v) is 3.99. The summed E-state index contributed by atoms with van der Waals surface area (Å²) in [5.74, 6) is 3.63. The van der Waals surface area contributed by atoms with Gasteiger partial charge in [0.1, 0.15) is 11.5 Å². The first-order chi connectivity index (χ1) is 10.4. The predicted octanol–water partition coefficient (Wildman–Crippen LogP) is 3.06. The Morgan fingerprint density at radius 3 is 2.86 bits per heavy atom. The van der Waals surface area contributed by atoms with Crippen LogP contribution >= 0.6 is 11.8 Å². The quantitative estimate of drug-likeness (QED) is 0.391. The van der Waals surface area contributed by atoms with Gasteiger partial charge in [0.05, 0.1) is 16.2 Å². The van der Waals surface area contributed by atoms with E-state index in [1.165, 1.54) is 6.07 Å². The summed E-state index contributed by atoms with van der Waals surface area (Å²) < 4.78 is 5.69. The van der Waals surface area contributed by atoms with Crippen LogP contribution in [0.4, 0.5) is 11.5 Å². The van der Waals surface area contributed by atoms with Crippen LogP contribution in [0.2, 0.25) is 0 Å². The first kappa shape index (κ1) is 16.4. The number of H-pyrrole nitrogens is 1. The van der Waals surface area contributed by atoms with Gasteiger partial charge in [-0.2, -0.15) is 11.8 Å². The highest BCUT2D eigenvalue weighted by Gasteiger charge is 2.18. The zero-order chi connectivity index (χ0) is 16.2. The van der Waals surface area contributed by atoms with Gasteiger partial charge in [-0.05, 0) is 26.0 Å². The zero-order valence-corrected chi connectivity index (χ0v) is 13.4. The number of nitrogens with two attached hydrogens (primary N) is 1. The fourth-order valence-corrected chi connectivity index (χ4v) is 2.62. The van der Waals surface area contributed by atoms with Crippen molar-refractivity contribution in [2.45, 2.75) is 25.1 Å². The third-order valence-electron chi connectivity index (χ3n) is 3.01. The maximum atomic E-state index is 10.8. The van der Waals surface area contributed by atoms with Crippen LogP contribution in [0.3, 0.4) is 0 Å². The maximum absolute atomic E-state index is 10.8. The molecule has 0 saturated carbocycles. The number of aromatic amines is 1. The Hall–Kier alpha value is -1.93. The van der Waals surface area contributed by atoms with Gasteiger partial charge in [-0.1, -0.05) is 0 Å². The summed E-state index contributed by atoms with van der Waals surface area (Å²) in [5.41, 5.74) is 5.56. The molecule has 2 heterocycles. The molecule has 120 valence electrons. The van der Waals surface area contributed by atoms with E-state index >= 15 is 0 Å². The lowest BCUT2D eigenvalue weighted by molar-refractivity contribution is -0.383. The molecule has 2 aromatic heterocycles. The van der Waals surface area contributed by atoms with Crippen LogP contribution < -0.4 is 11.1 Å². The average molecular weight is 324 g/mol. The van der Waals surface area contributed by atoms with Crippen LogP contribution in [0, 0.1) is 10.1 Å². The Balaban J connectivity index is 1.72. The molecule has 0 aliphatic heterocycles. The van der Waals surface area contributed by atoms with Gasteiger partial charge in [0.25, 0.3) is 0 Å². The van der Waals surface area contributed by atoms with Gasteiger partial charge in [0.15, 0.2) is 5.82 Å². The first-order valence-corrected chi connectivity index (χ1v) is 8.05. The van der Waals surface area contributed by atoms with E-state index in [9.17, 15) is 10.1 Å². The number of hydrogen-bond donors (Lipinski definition) is 3. The van der Waals surface area contributed by atoms with E-state index in [0.717, 1.165) is 23.0 Å². The van der Waals surface area contributed by atoms with E-state index in [4.69, 9.17) is 10.2 Å². The monoisotopic (exact) mass is 324 g/mol. The number of nitrogens with one attached hydrogen (secondary N) is 2. The Bertz CT molecular complexity index is 630. The van der Waals surface area contributed by atoms with Crippen molar-refractivity contribution in [3.8, 4) is 0 Å². The molecule has 0 aliphatic carbocycles. The predicted molar refractivity (Wildman–Crippen MR) is 88.0 cm³/mol. The molecular weight excluding hydrogens is 304 g/mol. The van der Waals surface area contributed by atoms with Crippen molar-refractivity contribution in [1.29, 1.82) is 0 Å². The lowest BCUT2D eigenvalue weighted by atomic mass is 10.0. The van der Waals surface area contributed by atoms with Gasteiger partial charge in [0, 0.05) is 24.6 Å². The Kier molecular flexibility index (Phi) is 5.15. The Labute approximate surface area is 132 Å². The van der Waals surface area contributed by atoms with Gasteiger partial charge in [0.2, 0.25) is 0 Å². The fourth-order valence-electron chi connectivity index (χ4n) is 1.88. The van der Waals surface area contributed by atoms with Crippen molar-refractivity contribution in [2.24, 2.45) is 5.73 Å². The van der Waals surface area contributed by atoms with Crippen molar-refractivity contribution in [1.82, 2.24) is 4.98 Å². The molecule has 2 rings (SSSR count). The summed E-state index contributed by atoms with van der Waals surface area (Å²) >= 11 is 1.69. The standard InChI is InChI=1S/C14H20N4O3S/c1-14(2,15)12-4-3-10(21-12)9-22-8-7-17-13-11(18(19)20)5-6-16-13/h3-6,16-17H,7-9,15H2,1-2H3. The van der Waals surface area contributed by atoms with Crippen LogP contribution in [0.1, 0.15) is 25.4 Å². The van der Waals surface area contributed by atoms with Gasteiger partial charge in [-0.3, -0.25) is 10.1 Å². The van der Waals surface area contributed by atoms with E-state index in [2.05, 4.69) is 10.3 Å². The van der Waals surface area contributed by atoms with E-state index in [0.29, 0.717) is 12.4 Å². The molecule has 2 aromatic rings. The molecule has 0 spiro atoms. The molecule has 7 nitrogen and oxygen atoms in total. The van der Waals surface area contributed by atoms with E-state index in [1.807, 2.05) is 26.0 Å². The van der Waals surface area contributed by atoms with Crippen molar-refractivity contribution in [2.75, 3.05) is 17.6 Å². The molecule has 0 saturated heterocycles. The number of nitro groups is 1.